The van der Waals surface area contributed by atoms with Gasteiger partial charge in [-0.1, -0.05) is 13.8 Å². The molecule has 20 heavy (non-hydrogen) atoms. The summed E-state index contributed by atoms with van der Waals surface area (Å²) in [7, 11) is 1.71. The molecule has 1 fully saturated rings. The molecule has 1 aromatic heterocycles. The van der Waals surface area contributed by atoms with Gasteiger partial charge in [-0.3, -0.25) is 4.79 Å². The highest BCUT2D eigenvalue weighted by atomic mass is 16.5. The average Bonchev–Trinajstić information content (AvgIpc) is 2.44. The minimum absolute atomic E-state index is 0.0336. The number of nitrogens with one attached hydrogen (secondary N) is 2. The van der Waals surface area contributed by atoms with Gasteiger partial charge in [0.2, 0.25) is 0 Å². The third kappa shape index (κ3) is 2.77. The van der Waals surface area contributed by atoms with Crippen molar-refractivity contribution >= 4 is 11.6 Å². The molecule has 0 bridgehead atoms. The molecule has 2 rings (SSSR count). The average molecular weight is 277 g/mol. The van der Waals surface area contributed by atoms with Gasteiger partial charge in [-0.25, -0.2) is 4.98 Å². The first-order valence-corrected chi connectivity index (χ1v) is 7.02. The minimum atomic E-state index is -0.124. The normalized spacial score (nSPS) is 23.8. The van der Waals surface area contributed by atoms with Gasteiger partial charge >= 0.3 is 0 Å². The summed E-state index contributed by atoms with van der Waals surface area (Å²) in [4.78, 5) is 16.4. The van der Waals surface area contributed by atoms with E-state index in [9.17, 15) is 4.79 Å². The van der Waals surface area contributed by atoms with Crippen LogP contribution >= 0.6 is 0 Å². The van der Waals surface area contributed by atoms with E-state index >= 15 is 0 Å². The fraction of sp³-hybridized carbons (Fsp3) is 0.600. The van der Waals surface area contributed by atoms with Gasteiger partial charge < -0.3 is 15.4 Å². The number of hydrogen-bond donors (Lipinski definition) is 2. The van der Waals surface area contributed by atoms with Crippen LogP contribution in [0.2, 0.25) is 0 Å². The fourth-order valence-corrected chi connectivity index (χ4v) is 2.60. The second-order valence-corrected chi connectivity index (χ2v) is 5.77. The number of anilines is 1. The third-order valence-corrected chi connectivity index (χ3v) is 4.14. The van der Waals surface area contributed by atoms with E-state index < -0.39 is 0 Å². The summed E-state index contributed by atoms with van der Waals surface area (Å²) < 4.78 is 5.39. The molecular formula is C15H23N3O2. The zero-order chi connectivity index (χ0) is 14.8. The number of ether oxygens (including phenoxy) is 1. The van der Waals surface area contributed by atoms with Crippen LogP contribution in [0.5, 0.6) is 0 Å². The van der Waals surface area contributed by atoms with E-state index in [0.717, 1.165) is 18.7 Å². The minimum Gasteiger partial charge on any atom is -0.384 e. The number of aromatic nitrogens is 1. The quantitative estimate of drug-likeness (QED) is 0.864. The lowest BCUT2D eigenvalue weighted by Crippen LogP contribution is -2.61. The summed E-state index contributed by atoms with van der Waals surface area (Å²) in [5.74, 6) is -0.124. The Morgan fingerprint density at radius 2 is 2.25 bits per heavy atom. The number of pyridine rings is 1. The first-order valence-electron chi connectivity index (χ1n) is 7.02. The molecule has 0 radical (unpaired) electrons. The summed E-state index contributed by atoms with van der Waals surface area (Å²) >= 11 is 0. The highest BCUT2D eigenvalue weighted by molar-refractivity contribution is 5.92. The smallest absolute Gasteiger partial charge is 0.270 e. The largest absolute Gasteiger partial charge is 0.384 e. The molecule has 1 amide bonds. The van der Waals surface area contributed by atoms with Crippen molar-refractivity contribution in [2.45, 2.75) is 39.3 Å². The highest BCUT2D eigenvalue weighted by Crippen LogP contribution is 2.42. The van der Waals surface area contributed by atoms with E-state index in [2.05, 4.69) is 29.5 Å². The molecule has 0 saturated heterocycles. The topological polar surface area (TPSA) is 63.2 Å². The molecule has 5 nitrogen and oxygen atoms in total. The Morgan fingerprint density at radius 3 is 2.75 bits per heavy atom. The van der Waals surface area contributed by atoms with E-state index in [4.69, 9.17) is 4.74 Å². The zero-order valence-electron chi connectivity index (χ0n) is 12.6. The molecular weight excluding hydrogens is 254 g/mol. The summed E-state index contributed by atoms with van der Waals surface area (Å²) in [5.41, 5.74) is 1.34. The van der Waals surface area contributed by atoms with Gasteiger partial charge in [0.25, 0.3) is 5.91 Å². The van der Waals surface area contributed by atoms with Crippen molar-refractivity contribution in [3.8, 4) is 0 Å². The Kier molecular flexibility index (Phi) is 4.28. The van der Waals surface area contributed by atoms with Crippen molar-refractivity contribution in [1.29, 1.82) is 0 Å². The van der Waals surface area contributed by atoms with Gasteiger partial charge in [0.05, 0.1) is 18.0 Å². The maximum atomic E-state index is 12.2. The van der Waals surface area contributed by atoms with Gasteiger partial charge in [0.1, 0.15) is 5.69 Å². The van der Waals surface area contributed by atoms with Crippen molar-refractivity contribution in [1.82, 2.24) is 10.3 Å². The second-order valence-electron chi connectivity index (χ2n) is 5.77. The molecule has 1 aromatic rings. The molecule has 5 heteroatoms. The lowest BCUT2D eigenvalue weighted by atomic mass is 9.64. The van der Waals surface area contributed by atoms with Crippen LogP contribution in [0.25, 0.3) is 0 Å². The number of carbonyl (C=O) groups is 1. The van der Waals surface area contributed by atoms with Crippen LogP contribution in [0.4, 0.5) is 5.69 Å². The van der Waals surface area contributed by atoms with Gasteiger partial charge in [-0.15, -0.1) is 0 Å². The van der Waals surface area contributed by atoms with Crippen molar-refractivity contribution in [3.05, 3.63) is 24.0 Å². The Balaban J connectivity index is 1.96. The van der Waals surface area contributed by atoms with Crippen LogP contribution in [-0.4, -0.2) is 36.7 Å². The number of rotatable bonds is 5. The Morgan fingerprint density at radius 1 is 1.50 bits per heavy atom. The van der Waals surface area contributed by atoms with Crippen molar-refractivity contribution < 1.29 is 9.53 Å². The number of methoxy groups -OCH3 is 1. The number of nitrogens with zero attached hydrogens (tertiary/aromatic N) is 1. The van der Waals surface area contributed by atoms with Crippen molar-refractivity contribution in [2.75, 3.05) is 19.0 Å². The van der Waals surface area contributed by atoms with Crippen LogP contribution in [0.15, 0.2) is 18.3 Å². The van der Waals surface area contributed by atoms with Crippen LogP contribution in [0, 0.1) is 5.41 Å². The van der Waals surface area contributed by atoms with E-state index in [1.807, 2.05) is 13.0 Å². The molecule has 110 valence electrons. The van der Waals surface area contributed by atoms with E-state index in [1.165, 1.54) is 0 Å². The van der Waals surface area contributed by atoms with Gasteiger partial charge in [0, 0.05) is 25.1 Å². The maximum absolute atomic E-state index is 12.2. The Hall–Kier alpha value is -1.62. The molecule has 1 heterocycles. The molecule has 0 aliphatic heterocycles. The van der Waals surface area contributed by atoms with Crippen LogP contribution < -0.4 is 10.6 Å². The number of amides is 1. The van der Waals surface area contributed by atoms with Crippen LogP contribution in [0.3, 0.4) is 0 Å². The summed E-state index contributed by atoms with van der Waals surface area (Å²) in [6.07, 6.45) is 2.74. The first-order chi connectivity index (χ1) is 9.48. The molecule has 1 aliphatic carbocycles. The lowest BCUT2D eigenvalue weighted by molar-refractivity contribution is -0.0942. The van der Waals surface area contributed by atoms with E-state index in [-0.39, 0.29) is 23.5 Å². The molecule has 1 saturated carbocycles. The van der Waals surface area contributed by atoms with Gasteiger partial charge in [-0.2, -0.15) is 0 Å². The maximum Gasteiger partial charge on any atom is 0.270 e. The summed E-state index contributed by atoms with van der Waals surface area (Å²) in [6, 6.07) is 3.75. The molecule has 1 aliphatic rings. The van der Waals surface area contributed by atoms with E-state index in [0.29, 0.717) is 5.69 Å². The standard InChI is InChI=1S/C15H23N3O2/c1-5-16-10-6-7-11(17-9-10)14(19)18-12-8-13(20-4)15(12,2)3/h6-7,9,12-13,16H,5,8H2,1-4H3,(H,18,19). The van der Waals surface area contributed by atoms with E-state index in [1.54, 1.807) is 19.4 Å². The molecule has 2 unspecified atom stereocenters. The first kappa shape index (κ1) is 14.8. The lowest BCUT2D eigenvalue weighted by Gasteiger charge is -2.51. The van der Waals surface area contributed by atoms with Crippen LogP contribution in [0.1, 0.15) is 37.7 Å². The third-order valence-electron chi connectivity index (χ3n) is 4.14. The SMILES string of the molecule is CCNc1ccc(C(=O)NC2CC(OC)C2(C)C)nc1. The zero-order valence-corrected chi connectivity index (χ0v) is 12.6. The predicted molar refractivity (Wildman–Crippen MR) is 78.8 cm³/mol. The second kappa shape index (κ2) is 5.79. The highest BCUT2D eigenvalue weighted by Gasteiger charge is 2.49. The summed E-state index contributed by atoms with van der Waals surface area (Å²) in [5, 5.41) is 6.19. The van der Waals surface area contributed by atoms with Crippen molar-refractivity contribution in [3.63, 3.8) is 0 Å². The fourth-order valence-electron chi connectivity index (χ4n) is 2.60. The monoisotopic (exact) mass is 277 g/mol. The van der Waals surface area contributed by atoms with Gasteiger partial charge in [-0.05, 0) is 25.5 Å². The number of hydrogen-bond acceptors (Lipinski definition) is 4. The molecule has 2 N–H and O–H groups in total. The summed E-state index contributed by atoms with van der Waals surface area (Å²) in [6.45, 7) is 7.07. The number of carbonyl (C=O) groups excluding carboxylic acids is 1. The molecule has 0 spiro atoms. The molecule has 0 aromatic carbocycles. The Bertz CT molecular complexity index is 471. The Labute approximate surface area is 120 Å². The van der Waals surface area contributed by atoms with Crippen LogP contribution in [-0.2, 0) is 4.74 Å². The predicted octanol–water partition coefficient (Wildman–Crippen LogP) is 2.06. The van der Waals surface area contributed by atoms with Gasteiger partial charge in [0.15, 0.2) is 0 Å². The molecule has 2 atom stereocenters. The van der Waals surface area contributed by atoms with Crippen molar-refractivity contribution in [2.24, 2.45) is 5.41 Å².